The maximum Gasteiger partial charge on any atom is 0.107 e. The van der Waals surface area contributed by atoms with Gasteiger partial charge in [-0.05, 0) is 373 Å². The topological polar surface area (TPSA) is 174 Å². The number of benzene rings is 2. The van der Waals surface area contributed by atoms with E-state index in [1.165, 1.54) is 241 Å². The lowest BCUT2D eigenvalue weighted by atomic mass is 9.47. The van der Waals surface area contributed by atoms with Crippen molar-refractivity contribution in [2.45, 2.75) is 382 Å². The highest BCUT2D eigenvalue weighted by atomic mass is 33.1. The Balaban J connectivity index is 0.000000143. The number of aromatic amines is 4. The number of hydrogen-bond donors (Lipinski definition) is 8. The maximum absolute atomic E-state index is 8.36. The number of thioether (sulfide) groups is 1. The minimum absolute atomic E-state index is 0.0417. The third-order valence-electron chi connectivity index (χ3n) is 38.6. The standard InChI is InChI=1S/C32H49NS2.C31H50N2S2.C27H46S.C11H12N2S.C10H8N2S2.C7H8S.C4H6N2O.C4H6N2S/c1-22(2)9-8-10-23(3)27-14-15-28-26-13-12-24-21-25(34-35-30-11-6-7-20-33-30)16-18-31(24,4)29(26)17-19-32(27,28)5;1-21(2)7-6-8-22(3)27-11-12-28-26-10-9-23-17-25(35-34-19-24-18-32-20-33-24)13-15-30(23,4)29(26)14-16-31(27,28)5;1-18(2)7-6-8-19(3)23-11-12-24-22-10-9-20-17-21(28)13-15-26(20,4)25(22)14-16-27(23,24)5;1-2-4-10(5-3-1)7-14-8-11-6-12-9-13-11;1-3-7-11-9(5-1)13-14-10-6-2-4-8-12-10;8-6-7-4-2-1-3-5-7;2*7-2-4-1-5-3-6-4/h6-7,11-12,20,22-23,25-29H,8-10,13-19,21H2,1-5H3;9,18,20-22,25-29H,6-8,10-17,19H2,1-5H3,(H,32,33);9,18-19,21-25,28H,6-8,10-17H2,1-5H3;1-6,9H,7-8H2,(H,12,13);1-8H;1-5,8H,6H2;2*1,3,7H,2H2,(H,5,6)/t23-,25+,26?,27-,28?,29?,31+,32-;22-,25+,26?,27?,28?,29?,30+,31-;19-,21+,22?,23-,24?,25?,26+,27-;;;;;/m111...../s1. The van der Waals surface area contributed by atoms with Crippen LogP contribution in [0.2, 0.25) is 0 Å². The monoisotopic (exact) mass is 2190 g/mol. The summed E-state index contributed by atoms with van der Waals surface area (Å²) in [6.45, 7) is 38.3. The van der Waals surface area contributed by atoms with E-state index in [4.69, 9.17) is 17.7 Å². The van der Waals surface area contributed by atoms with E-state index in [0.29, 0.717) is 37.7 Å². The number of aliphatic hydroxyl groups is 1. The van der Waals surface area contributed by atoms with Crippen LogP contribution < -0.4 is 0 Å². The lowest BCUT2D eigenvalue weighted by Gasteiger charge is -2.58. The first-order valence-corrected chi connectivity index (χ1v) is 67.1. The summed E-state index contributed by atoms with van der Waals surface area (Å²) >= 11 is 14.8. The number of H-pyrrole nitrogens is 4. The highest BCUT2D eigenvalue weighted by molar-refractivity contribution is 8.77. The minimum atomic E-state index is 0.0417. The van der Waals surface area contributed by atoms with Crippen molar-refractivity contribution in [3.8, 4) is 0 Å². The Morgan fingerprint density at radius 2 is 0.723 bits per heavy atom. The zero-order valence-electron chi connectivity index (χ0n) is 92.5. The first-order valence-electron chi connectivity index (χ1n) is 57.4. The summed E-state index contributed by atoms with van der Waals surface area (Å²) in [6, 6.07) is 38.7. The molecule has 7 aromatic heterocycles. The molecule has 10 unspecified atom stereocenters. The summed E-state index contributed by atoms with van der Waals surface area (Å²) in [6.07, 6.45) is 74.9. The lowest BCUT2D eigenvalue weighted by Crippen LogP contribution is -2.50. The van der Waals surface area contributed by atoms with Crippen molar-refractivity contribution >= 4 is 114 Å². The van der Waals surface area contributed by atoms with Crippen molar-refractivity contribution in [2.75, 3.05) is 0 Å². The van der Waals surface area contributed by atoms with Crippen LogP contribution in [0.3, 0.4) is 0 Å². The Kier molecular flexibility index (Phi) is 47.1. The van der Waals surface area contributed by atoms with Gasteiger partial charge in [0.05, 0.1) is 43.8 Å². The molecule has 0 aliphatic heterocycles. The second kappa shape index (κ2) is 58.6. The second-order valence-corrected chi connectivity index (χ2v) is 58.7. The van der Waals surface area contributed by atoms with Gasteiger partial charge < -0.3 is 25.0 Å². The Bertz CT molecular complexity index is 5240. The van der Waals surface area contributed by atoms with Crippen molar-refractivity contribution < 1.29 is 5.11 Å². The molecule has 12 aliphatic carbocycles. The number of thiol groups is 3. The molecule has 148 heavy (non-hydrogen) atoms. The summed E-state index contributed by atoms with van der Waals surface area (Å²) < 4.78 is 0. The van der Waals surface area contributed by atoms with Crippen molar-refractivity contribution in [2.24, 2.45) is 139 Å². The Morgan fingerprint density at radius 1 is 0.358 bits per heavy atom. The van der Waals surface area contributed by atoms with Gasteiger partial charge in [-0.25, -0.2) is 34.9 Å². The van der Waals surface area contributed by atoms with Crippen LogP contribution in [0.5, 0.6) is 0 Å². The molecule has 9 aromatic rings. The normalized spacial score (nSPS) is 30.8. The average Bonchev–Trinajstić information content (AvgIpc) is 1.51. The highest BCUT2D eigenvalue weighted by Crippen LogP contribution is 2.72. The Labute approximate surface area is 939 Å². The van der Waals surface area contributed by atoms with Gasteiger partial charge in [0.25, 0.3) is 0 Å². The van der Waals surface area contributed by atoms with Gasteiger partial charge in [-0.1, -0.05) is 308 Å². The number of aliphatic hydroxyl groups excluding tert-OH is 1. The first kappa shape index (κ1) is 119. The van der Waals surface area contributed by atoms with Gasteiger partial charge in [0.1, 0.15) is 15.1 Å². The van der Waals surface area contributed by atoms with Crippen LogP contribution in [0, 0.1) is 139 Å². The highest BCUT2D eigenvalue weighted by Gasteiger charge is 2.63. The molecular weight excluding hydrogens is 2000 g/mol. The number of pyridine rings is 3. The molecule has 0 radical (unpaired) electrons. The van der Waals surface area contributed by atoms with E-state index >= 15 is 0 Å². The lowest BCUT2D eigenvalue weighted by molar-refractivity contribution is -0.0498. The number of imidazole rings is 4. The molecule has 0 bridgehead atoms. The van der Waals surface area contributed by atoms with Gasteiger partial charge in [-0.2, -0.15) is 49.6 Å². The van der Waals surface area contributed by atoms with E-state index in [-0.39, 0.29) is 6.61 Å². The van der Waals surface area contributed by atoms with Crippen molar-refractivity contribution in [3.05, 3.63) is 253 Å². The third kappa shape index (κ3) is 31.9. The van der Waals surface area contributed by atoms with Crippen LogP contribution in [0.1, 0.15) is 350 Å². The van der Waals surface area contributed by atoms with Gasteiger partial charge in [0, 0.05) is 98.8 Å². The van der Waals surface area contributed by atoms with E-state index in [9.17, 15) is 0 Å². The fourth-order valence-electron chi connectivity index (χ4n) is 30.6. The van der Waals surface area contributed by atoms with Crippen LogP contribution in [0.4, 0.5) is 0 Å². The zero-order valence-corrected chi connectivity index (χ0v) is 101. The Hall–Kier alpha value is -4.59. The quantitative estimate of drug-likeness (QED) is 0.0114. The van der Waals surface area contributed by atoms with E-state index < -0.39 is 0 Å². The molecule has 0 saturated heterocycles. The van der Waals surface area contributed by atoms with Gasteiger partial charge in [-0.15, -0.1) is 0 Å². The van der Waals surface area contributed by atoms with E-state index in [2.05, 4.69) is 272 Å². The minimum Gasteiger partial charge on any atom is -0.390 e. The first-order chi connectivity index (χ1) is 71.6. The summed E-state index contributed by atoms with van der Waals surface area (Å²) in [5, 5.41) is 13.7. The van der Waals surface area contributed by atoms with E-state index in [0.717, 1.165) is 172 Å². The fraction of sp³-hybridized carbons (Fsp3) is 0.643. The van der Waals surface area contributed by atoms with Crippen molar-refractivity contribution in [3.63, 3.8) is 0 Å². The molecule has 0 spiro atoms. The number of rotatable bonds is 32. The molecular formula is C126H185N11OS10. The molecule has 22 heteroatoms. The number of aromatic nitrogens is 11. The predicted molar refractivity (Wildman–Crippen MR) is 650 cm³/mol. The molecule has 7 heterocycles. The summed E-state index contributed by atoms with van der Waals surface area (Å²) in [5.74, 6) is 21.6. The number of hydrogen-bond acceptors (Lipinski definition) is 18. The van der Waals surface area contributed by atoms with Crippen LogP contribution in [-0.4, -0.2) is 75.7 Å². The maximum atomic E-state index is 8.36. The molecule has 9 saturated carbocycles. The van der Waals surface area contributed by atoms with Gasteiger partial charge in [0.15, 0.2) is 0 Å². The molecule has 810 valence electrons. The number of fused-ring (bicyclic) bond motifs is 15. The van der Waals surface area contributed by atoms with Crippen LogP contribution in [0.15, 0.2) is 234 Å². The van der Waals surface area contributed by atoms with Gasteiger partial charge in [-0.3, -0.25) is 0 Å². The summed E-state index contributed by atoms with van der Waals surface area (Å²) in [7, 11) is 11.3. The molecule has 5 N–H and O–H groups in total. The summed E-state index contributed by atoms with van der Waals surface area (Å²) in [4.78, 5) is 40.5. The number of nitrogens with one attached hydrogen (secondary N) is 4. The van der Waals surface area contributed by atoms with Crippen molar-refractivity contribution in [1.29, 1.82) is 0 Å². The molecule has 24 atom stereocenters. The largest absolute Gasteiger partial charge is 0.390 e. The third-order valence-corrected chi connectivity index (χ3v) is 48.6. The number of allylic oxidation sites excluding steroid dienone is 6. The molecule has 2 aromatic carbocycles. The van der Waals surface area contributed by atoms with E-state index in [1.54, 1.807) is 70.9 Å². The van der Waals surface area contributed by atoms with Crippen LogP contribution >= 0.6 is 114 Å². The summed E-state index contributed by atoms with van der Waals surface area (Å²) in [5.41, 5.74) is 15.6. The smallest absolute Gasteiger partial charge is 0.107 e. The molecule has 12 aliphatic rings. The van der Waals surface area contributed by atoms with Crippen LogP contribution in [0.25, 0.3) is 0 Å². The average molecular weight is 2190 g/mol. The predicted octanol–water partition coefficient (Wildman–Crippen LogP) is 37.2. The second-order valence-electron chi connectivity index (χ2n) is 48.9. The zero-order chi connectivity index (χ0) is 105. The van der Waals surface area contributed by atoms with Gasteiger partial charge in [0.2, 0.25) is 0 Å². The SMILES string of the molecule is CC(C)CCC[C@@H](C)C1CCC2C3CC=C4C[C@@H](SSCc5cnc[nH]5)CC[C@]4(C)C3CC[C@@]21C.CC(C)CCC[C@@H](C)[C@H]1CCC2C3CC=C4C[C@@H](S)CC[C@]4(C)C3CC[C@@]21C.CC(C)CCC[C@@H](C)[C@H]1CCC2C3CC=C4C[C@@H](SSc5ccccn5)CC[C@]4(C)C3CC[C@@]21C.OCc1cnc[nH]1.SCc1ccccc1.SCc1cnc[nH]1.c1ccc(CSCc2cnc[nH]2)cc1.c1ccc(SSc2ccccn2)nc1. The van der Waals surface area contributed by atoms with Gasteiger partial charge >= 0.3 is 0 Å². The molecule has 9 fully saturated rings. The number of nitrogens with zero attached hydrogens (tertiary/aromatic N) is 7. The van der Waals surface area contributed by atoms with Crippen molar-refractivity contribution in [1.82, 2.24) is 54.8 Å². The Morgan fingerprint density at radius 3 is 1.07 bits per heavy atom. The molecule has 21 rings (SSSR count). The molecule has 12 nitrogen and oxygen atoms in total. The van der Waals surface area contributed by atoms with Crippen LogP contribution in [-0.2, 0) is 35.4 Å². The fourth-order valence-corrected chi connectivity index (χ4v) is 39.1. The molecule has 0 amide bonds. The van der Waals surface area contributed by atoms with E-state index in [1.807, 2.05) is 130 Å².